The molecule has 1 aromatic rings. The number of aliphatic hydroxyl groups is 1. The molecule has 2 atom stereocenters. The van der Waals surface area contributed by atoms with Gasteiger partial charge in [-0.05, 0) is 36.5 Å². The molecule has 4 heteroatoms. The van der Waals surface area contributed by atoms with Gasteiger partial charge < -0.3 is 15.3 Å². The van der Waals surface area contributed by atoms with Gasteiger partial charge in [0.25, 0.3) is 0 Å². The van der Waals surface area contributed by atoms with Gasteiger partial charge in [0.1, 0.15) is 0 Å². The molecular weight excluding hydrogens is 286 g/mol. The zero-order valence-corrected chi connectivity index (χ0v) is 14.2. The van der Waals surface area contributed by atoms with Crippen LogP contribution < -0.4 is 10.2 Å². The van der Waals surface area contributed by atoms with E-state index in [9.17, 15) is 5.11 Å². The second-order valence-electron chi connectivity index (χ2n) is 6.56. The monoisotopic (exact) mass is 315 g/mol. The van der Waals surface area contributed by atoms with E-state index in [1.54, 1.807) is 0 Å². The van der Waals surface area contributed by atoms with Crippen molar-refractivity contribution in [3.63, 3.8) is 0 Å². The molecule has 0 spiro atoms. The van der Waals surface area contributed by atoms with Crippen LogP contribution in [0.3, 0.4) is 0 Å². The predicted molar refractivity (Wildman–Crippen MR) is 94.2 cm³/mol. The summed E-state index contributed by atoms with van der Waals surface area (Å²) >= 11 is 0. The van der Waals surface area contributed by atoms with Crippen molar-refractivity contribution in [3.8, 4) is 6.07 Å². The van der Waals surface area contributed by atoms with Crippen molar-refractivity contribution < 1.29 is 5.11 Å². The molecule has 1 aliphatic rings. The van der Waals surface area contributed by atoms with Gasteiger partial charge in [-0.1, -0.05) is 31.4 Å². The Kier molecular flexibility index (Phi) is 7.38. The normalized spacial score (nSPS) is 21.4. The molecule has 4 nitrogen and oxygen atoms in total. The van der Waals surface area contributed by atoms with Crippen LogP contribution in [0.15, 0.2) is 24.3 Å². The van der Waals surface area contributed by atoms with E-state index in [2.05, 4.69) is 40.6 Å². The van der Waals surface area contributed by atoms with Gasteiger partial charge in [-0.15, -0.1) is 0 Å². The molecule has 1 saturated carbocycles. The van der Waals surface area contributed by atoms with Crippen LogP contribution in [0, 0.1) is 17.2 Å². The summed E-state index contributed by atoms with van der Waals surface area (Å²) in [6.07, 6.45) is 6.64. The lowest BCUT2D eigenvalue weighted by molar-refractivity contribution is 0.181. The number of nitrogens with zero attached hydrogens (tertiary/aromatic N) is 2. The third-order valence-corrected chi connectivity index (χ3v) is 4.90. The SMILES string of the molecule is CN(CCC#N)c1ccc(CNC2CCCCCC2CO)cc1. The molecule has 23 heavy (non-hydrogen) atoms. The topological polar surface area (TPSA) is 59.3 Å². The lowest BCUT2D eigenvalue weighted by Gasteiger charge is -2.25. The first kappa shape index (κ1) is 17.8. The van der Waals surface area contributed by atoms with Crippen molar-refractivity contribution in [3.05, 3.63) is 29.8 Å². The fraction of sp³-hybridized carbons (Fsp3) is 0.632. The Balaban J connectivity index is 1.86. The van der Waals surface area contributed by atoms with Crippen molar-refractivity contribution in [2.45, 2.75) is 51.1 Å². The summed E-state index contributed by atoms with van der Waals surface area (Å²) in [5, 5.41) is 21.9. The number of anilines is 1. The summed E-state index contributed by atoms with van der Waals surface area (Å²) in [5.41, 5.74) is 2.41. The minimum absolute atomic E-state index is 0.292. The minimum Gasteiger partial charge on any atom is -0.396 e. The summed E-state index contributed by atoms with van der Waals surface area (Å²) in [6, 6.07) is 11.1. The van der Waals surface area contributed by atoms with Gasteiger partial charge in [-0.25, -0.2) is 0 Å². The third-order valence-electron chi connectivity index (χ3n) is 4.90. The van der Waals surface area contributed by atoms with Gasteiger partial charge in [0.15, 0.2) is 0 Å². The van der Waals surface area contributed by atoms with E-state index in [-0.39, 0.29) is 0 Å². The van der Waals surface area contributed by atoms with Crippen molar-refractivity contribution in [2.75, 3.05) is 25.1 Å². The quantitative estimate of drug-likeness (QED) is 0.759. The first-order chi connectivity index (χ1) is 11.2. The molecule has 0 heterocycles. The fourth-order valence-corrected chi connectivity index (χ4v) is 3.34. The molecule has 2 N–H and O–H groups in total. The zero-order valence-electron chi connectivity index (χ0n) is 14.2. The van der Waals surface area contributed by atoms with Crippen LogP contribution in [0.4, 0.5) is 5.69 Å². The number of benzene rings is 1. The second kappa shape index (κ2) is 9.54. The number of nitriles is 1. The Bertz CT molecular complexity index is 494. The molecule has 0 bridgehead atoms. The lowest BCUT2D eigenvalue weighted by Crippen LogP contribution is -2.36. The molecule has 126 valence electrons. The molecule has 0 aliphatic heterocycles. The Morgan fingerprint density at radius 2 is 1.96 bits per heavy atom. The average Bonchev–Trinajstić information content (AvgIpc) is 2.83. The fourth-order valence-electron chi connectivity index (χ4n) is 3.34. The van der Waals surface area contributed by atoms with Crippen LogP contribution in [-0.2, 0) is 6.54 Å². The molecule has 1 fully saturated rings. The van der Waals surface area contributed by atoms with E-state index >= 15 is 0 Å². The standard InChI is InChI=1S/C19H29N3O/c1-22(13-5-12-20)18-10-8-16(9-11-18)14-21-19-7-4-2-3-6-17(19)15-23/h8-11,17,19,21,23H,2-7,13-15H2,1H3. The number of hydrogen-bond acceptors (Lipinski definition) is 4. The highest BCUT2D eigenvalue weighted by Crippen LogP contribution is 2.23. The van der Waals surface area contributed by atoms with E-state index < -0.39 is 0 Å². The van der Waals surface area contributed by atoms with Gasteiger partial charge >= 0.3 is 0 Å². The molecule has 0 aromatic heterocycles. The maximum Gasteiger partial charge on any atom is 0.0640 e. The van der Waals surface area contributed by atoms with Crippen molar-refractivity contribution >= 4 is 5.69 Å². The van der Waals surface area contributed by atoms with Gasteiger partial charge in [0.05, 0.1) is 12.5 Å². The molecule has 1 aliphatic carbocycles. The van der Waals surface area contributed by atoms with Crippen molar-refractivity contribution in [1.29, 1.82) is 5.26 Å². The molecule has 0 amide bonds. The highest BCUT2D eigenvalue weighted by molar-refractivity contribution is 5.46. The largest absolute Gasteiger partial charge is 0.396 e. The van der Waals surface area contributed by atoms with E-state index in [1.165, 1.54) is 31.2 Å². The molecule has 2 unspecified atom stereocenters. The summed E-state index contributed by atoms with van der Waals surface area (Å²) in [7, 11) is 2.02. The lowest BCUT2D eigenvalue weighted by atomic mass is 9.95. The van der Waals surface area contributed by atoms with Crippen LogP contribution >= 0.6 is 0 Å². The van der Waals surface area contributed by atoms with E-state index in [0.29, 0.717) is 25.0 Å². The second-order valence-corrected chi connectivity index (χ2v) is 6.56. The highest BCUT2D eigenvalue weighted by Gasteiger charge is 2.22. The Hall–Kier alpha value is -1.57. The predicted octanol–water partition coefficient (Wildman–Crippen LogP) is 3.07. The maximum absolute atomic E-state index is 9.58. The van der Waals surface area contributed by atoms with Gasteiger partial charge in [0.2, 0.25) is 0 Å². The summed E-state index contributed by atoms with van der Waals surface area (Å²) in [6.45, 7) is 1.90. The van der Waals surface area contributed by atoms with E-state index in [1.807, 2.05) is 7.05 Å². The smallest absolute Gasteiger partial charge is 0.0640 e. The number of rotatable bonds is 7. The molecule has 2 rings (SSSR count). The average molecular weight is 315 g/mol. The van der Waals surface area contributed by atoms with E-state index in [0.717, 1.165) is 25.2 Å². The molecule has 0 radical (unpaired) electrons. The van der Waals surface area contributed by atoms with E-state index in [4.69, 9.17) is 5.26 Å². The highest BCUT2D eigenvalue weighted by atomic mass is 16.3. The van der Waals surface area contributed by atoms with Crippen LogP contribution in [0.2, 0.25) is 0 Å². The summed E-state index contributed by atoms with van der Waals surface area (Å²) < 4.78 is 0. The Labute approximate surface area is 140 Å². The van der Waals surface area contributed by atoms with Crippen LogP contribution in [0.25, 0.3) is 0 Å². The molecule has 0 saturated heterocycles. The number of aliphatic hydroxyl groups excluding tert-OH is 1. The first-order valence-electron chi connectivity index (χ1n) is 8.76. The molecular formula is C19H29N3O. The van der Waals surface area contributed by atoms with Gasteiger partial charge in [-0.3, -0.25) is 0 Å². The molecule has 1 aromatic carbocycles. The van der Waals surface area contributed by atoms with Gasteiger partial charge in [-0.2, -0.15) is 5.26 Å². The van der Waals surface area contributed by atoms with Crippen LogP contribution in [0.5, 0.6) is 0 Å². The van der Waals surface area contributed by atoms with Crippen LogP contribution in [0.1, 0.15) is 44.1 Å². The first-order valence-corrected chi connectivity index (χ1v) is 8.76. The zero-order chi connectivity index (χ0) is 16.5. The van der Waals surface area contributed by atoms with Gasteiger partial charge in [0, 0.05) is 38.5 Å². The number of nitrogens with one attached hydrogen (secondary N) is 1. The minimum atomic E-state index is 0.292. The van der Waals surface area contributed by atoms with Crippen molar-refractivity contribution in [1.82, 2.24) is 5.32 Å². The van der Waals surface area contributed by atoms with Crippen LogP contribution in [-0.4, -0.2) is 31.3 Å². The number of hydrogen-bond donors (Lipinski definition) is 2. The Morgan fingerprint density at radius 3 is 2.65 bits per heavy atom. The van der Waals surface area contributed by atoms with Crippen molar-refractivity contribution in [2.24, 2.45) is 5.92 Å². The maximum atomic E-state index is 9.58. The third kappa shape index (κ3) is 5.53. The Morgan fingerprint density at radius 1 is 1.22 bits per heavy atom. The summed E-state index contributed by atoms with van der Waals surface area (Å²) in [4.78, 5) is 2.10. The summed E-state index contributed by atoms with van der Waals surface area (Å²) in [5.74, 6) is 0.397.